The van der Waals surface area contributed by atoms with E-state index in [0.717, 1.165) is 25.4 Å². The lowest BCUT2D eigenvalue weighted by Gasteiger charge is -2.29. The maximum absolute atomic E-state index is 11.7. The third-order valence-corrected chi connectivity index (χ3v) is 4.63. The number of unbranched alkanes of at least 4 members (excludes halogenated alkanes) is 1. The molecule has 0 aromatic rings. The van der Waals surface area contributed by atoms with Gasteiger partial charge in [-0.3, -0.25) is 4.79 Å². The number of carbonyl (C=O) groups is 1. The van der Waals surface area contributed by atoms with Gasteiger partial charge in [-0.2, -0.15) is 0 Å². The van der Waals surface area contributed by atoms with E-state index in [1.165, 1.54) is 45.1 Å². The second kappa shape index (κ2) is 6.90. The fraction of sp³-hybridized carbons (Fsp3) is 0.938. The van der Waals surface area contributed by atoms with Crippen LogP contribution in [0, 0.1) is 0 Å². The lowest BCUT2D eigenvalue weighted by molar-refractivity contribution is -0.124. The molecule has 1 unspecified atom stereocenters. The number of amides is 1. The van der Waals surface area contributed by atoms with Gasteiger partial charge in [0.2, 0.25) is 5.91 Å². The minimum absolute atomic E-state index is 0.198. The van der Waals surface area contributed by atoms with Crippen molar-refractivity contribution >= 4 is 5.91 Å². The predicted molar refractivity (Wildman–Crippen MR) is 82.5 cm³/mol. The van der Waals surface area contributed by atoms with Crippen LogP contribution in [0.3, 0.4) is 0 Å². The molecular weight excluding hydrogens is 250 g/mol. The number of rotatable bonds is 11. The van der Waals surface area contributed by atoms with E-state index in [2.05, 4.69) is 17.1 Å². The Hall–Kier alpha value is -0.610. The average molecular weight is 281 g/mol. The largest absolute Gasteiger partial charge is 0.368 e. The molecule has 1 atom stereocenters. The first-order chi connectivity index (χ1) is 9.55. The second-order valence-corrected chi connectivity index (χ2v) is 6.84. The van der Waals surface area contributed by atoms with Gasteiger partial charge in [0.05, 0.1) is 5.54 Å². The summed E-state index contributed by atoms with van der Waals surface area (Å²) in [7, 11) is 0. The molecule has 0 aliphatic heterocycles. The SMILES string of the molecule is CCCCN(CCCC(C)(NC1CC1)C(N)=O)C1CC1. The fourth-order valence-electron chi connectivity index (χ4n) is 2.86. The van der Waals surface area contributed by atoms with Gasteiger partial charge in [0, 0.05) is 12.1 Å². The zero-order valence-electron chi connectivity index (χ0n) is 13.2. The molecular formula is C16H31N3O. The number of nitrogens with two attached hydrogens (primary N) is 1. The third-order valence-electron chi connectivity index (χ3n) is 4.63. The van der Waals surface area contributed by atoms with E-state index in [9.17, 15) is 4.79 Å². The number of primary amides is 1. The van der Waals surface area contributed by atoms with Crippen LogP contribution in [0.15, 0.2) is 0 Å². The van der Waals surface area contributed by atoms with Crippen molar-refractivity contribution in [1.29, 1.82) is 0 Å². The summed E-state index contributed by atoms with van der Waals surface area (Å²) < 4.78 is 0. The second-order valence-electron chi connectivity index (χ2n) is 6.84. The normalized spacial score (nSPS) is 21.9. The summed E-state index contributed by atoms with van der Waals surface area (Å²) >= 11 is 0. The highest BCUT2D eigenvalue weighted by Gasteiger charge is 2.37. The molecule has 1 amide bonds. The quantitative estimate of drug-likeness (QED) is 0.609. The molecule has 0 spiro atoms. The molecule has 0 aromatic carbocycles. The van der Waals surface area contributed by atoms with Gasteiger partial charge in [-0.1, -0.05) is 13.3 Å². The number of hydrogen-bond donors (Lipinski definition) is 2. The van der Waals surface area contributed by atoms with E-state index >= 15 is 0 Å². The van der Waals surface area contributed by atoms with Crippen molar-refractivity contribution in [2.75, 3.05) is 13.1 Å². The summed E-state index contributed by atoms with van der Waals surface area (Å²) in [5.41, 5.74) is 5.09. The summed E-state index contributed by atoms with van der Waals surface area (Å²) in [4.78, 5) is 14.3. The molecule has 20 heavy (non-hydrogen) atoms. The van der Waals surface area contributed by atoms with Crippen molar-refractivity contribution in [1.82, 2.24) is 10.2 Å². The number of carbonyl (C=O) groups excluding carboxylic acids is 1. The molecule has 2 saturated carbocycles. The van der Waals surface area contributed by atoms with Gasteiger partial charge in [-0.15, -0.1) is 0 Å². The van der Waals surface area contributed by atoms with Crippen molar-refractivity contribution in [3.05, 3.63) is 0 Å². The first kappa shape index (κ1) is 15.8. The highest BCUT2D eigenvalue weighted by atomic mass is 16.1. The minimum atomic E-state index is -0.513. The molecule has 4 nitrogen and oxygen atoms in total. The van der Waals surface area contributed by atoms with E-state index < -0.39 is 5.54 Å². The van der Waals surface area contributed by atoms with Crippen molar-refractivity contribution in [2.24, 2.45) is 5.73 Å². The van der Waals surface area contributed by atoms with E-state index in [-0.39, 0.29) is 5.91 Å². The van der Waals surface area contributed by atoms with Crippen molar-refractivity contribution in [3.8, 4) is 0 Å². The fourth-order valence-corrected chi connectivity index (χ4v) is 2.86. The lowest BCUT2D eigenvalue weighted by Crippen LogP contribution is -2.54. The Bertz CT molecular complexity index is 326. The van der Waals surface area contributed by atoms with E-state index in [1.54, 1.807) is 0 Å². The highest BCUT2D eigenvalue weighted by Crippen LogP contribution is 2.28. The predicted octanol–water partition coefficient (Wildman–Crippen LogP) is 2.03. The van der Waals surface area contributed by atoms with Crippen molar-refractivity contribution < 1.29 is 4.79 Å². The van der Waals surface area contributed by atoms with Gasteiger partial charge in [-0.05, 0) is 65.0 Å². The average Bonchev–Trinajstić information content (AvgIpc) is 3.25. The standard InChI is InChI=1S/C16H31N3O/c1-3-4-11-19(14-8-9-14)12-5-10-16(2,15(17)20)18-13-6-7-13/h13-14,18H,3-12H2,1-2H3,(H2,17,20). The zero-order valence-corrected chi connectivity index (χ0v) is 13.2. The zero-order chi connectivity index (χ0) is 14.6. The molecule has 0 saturated heterocycles. The summed E-state index contributed by atoms with van der Waals surface area (Å²) in [5.74, 6) is -0.198. The van der Waals surface area contributed by atoms with Crippen molar-refractivity contribution in [2.45, 2.75) is 82.8 Å². The van der Waals surface area contributed by atoms with Crippen LogP contribution in [0.1, 0.15) is 65.2 Å². The smallest absolute Gasteiger partial charge is 0.237 e. The molecule has 3 N–H and O–H groups in total. The van der Waals surface area contributed by atoms with Crippen LogP contribution in [-0.4, -0.2) is 41.5 Å². The van der Waals surface area contributed by atoms with Crippen LogP contribution in [0.25, 0.3) is 0 Å². The third kappa shape index (κ3) is 4.74. The molecule has 2 aliphatic rings. The number of hydrogen-bond acceptors (Lipinski definition) is 3. The number of nitrogens with one attached hydrogen (secondary N) is 1. The van der Waals surface area contributed by atoms with Crippen LogP contribution in [-0.2, 0) is 4.79 Å². The molecule has 2 aliphatic carbocycles. The Morgan fingerprint density at radius 2 is 1.90 bits per heavy atom. The maximum atomic E-state index is 11.7. The molecule has 0 bridgehead atoms. The Balaban J connectivity index is 1.74. The van der Waals surface area contributed by atoms with Crippen LogP contribution in [0.2, 0.25) is 0 Å². The number of nitrogens with zero attached hydrogens (tertiary/aromatic N) is 1. The summed E-state index contributed by atoms with van der Waals surface area (Å²) in [6.45, 7) is 6.54. The first-order valence-electron chi connectivity index (χ1n) is 8.37. The molecule has 0 aromatic heterocycles. The van der Waals surface area contributed by atoms with Crippen LogP contribution < -0.4 is 11.1 Å². The molecule has 0 heterocycles. The van der Waals surface area contributed by atoms with E-state index in [1.807, 2.05) is 6.92 Å². The topological polar surface area (TPSA) is 58.4 Å². The van der Waals surface area contributed by atoms with Crippen LogP contribution in [0.5, 0.6) is 0 Å². The minimum Gasteiger partial charge on any atom is -0.368 e. The van der Waals surface area contributed by atoms with Gasteiger partial charge < -0.3 is 16.0 Å². The lowest BCUT2D eigenvalue weighted by atomic mass is 9.94. The Morgan fingerprint density at radius 3 is 2.40 bits per heavy atom. The van der Waals surface area contributed by atoms with Crippen LogP contribution in [0.4, 0.5) is 0 Å². The van der Waals surface area contributed by atoms with E-state index in [4.69, 9.17) is 5.73 Å². The molecule has 2 fully saturated rings. The monoisotopic (exact) mass is 281 g/mol. The van der Waals surface area contributed by atoms with Gasteiger partial charge >= 0.3 is 0 Å². The van der Waals surface area contributed by atoms with Crippen LogP contribution >= 0.6 is 0 Å². The summed E-state index contributed by atoms with van der Waals surface area (Å²) in [6, 6.07) is 1.34. The molecule has 2 rings (SSSR count). The summed E-state index contributed by atoms with van der Waals surface area (Å²) in [6.07, 6.45) is 9.54. The van der Waals surface area contributed by atoms with Gasteiger partial charge in [0.25, 0.3) is 0 Å². The Labute approximate surface area is 123 Å². The van der Waals surface area contributed by atoms with E-state index in [0.29, 0.717) is 6.04 Å². The Kier molecular flexibility index (Phi) is 5.44. The first-order valence-corrected chi connectivity index (χ1v) is 8.37. The maximum Gasteiger partial charge on any atom is 0.237 e. The summed E-state index contributed by atoms with van der Waals surface area (Å²) in [5, 5.41) is 3.44. The molecule has 116 valence electrons. The molecule has 4 heteroatoms. The highest BCUT2D eigenvalue weighted by molar-refractivity contribution is 5.84. The Morgan fingerprint density at radius 1 is 1.25 bits per heavy atom. The van der Waals surface area contributed by atoms with Crippen molar-refractivity contribution in [3.63, 3.8) is 0 Å². The van der Waals surface area contributed by atoms with Gasteiger partial charge in [0.1, 0.15) is 0 Å². The van der Waals surface area contributed by atoms with Gasteiger partial charge in [-0.25, -0.2) is 0 Å². The van der Waals surface area contributed by atoms with Gasteiger partial charge in [0.15, 0.2) is 0 Å². The molecule has 0 radical (unpaired) electrons.